The molecule has 182 valence electrons. The van der Waals surface area contributed by atoms with E-state index in [2.05, 4.69) is 15.3 Å². The Bertz CT molecular complexity index is 1080. The minimum absolute atomic E-state index is 0.0129. The minimum atomic E-state index is -3.34. The van der Waals surface area contributed by atoms with Gasteiger partial charge in [0.2, 0.25) is 0 Å². The Hall–Kier alpha value is -3.18. The highest BCUT2D eigenvalue weighted by Crippen LogP contribution is 2.41. The average molecular weight is 478 g/mol. The molecule has 1 aromatic heterocycles. The minimum Gasteiger partial charge on any atom is -0.452 e. The molecule has 0 spiro atoms. The van der Waals surface area contributed by atoms with Gasteiger partial charge >= 0.3 is 6.43 Å². The van der Waals surface area contributed by atoms with Crippen LogP contribution in [0.2, 0.25) is 0 Å². The number of rotatable bonds is 9. The predicted octanol–water partition coefficient (Wildman–Crippen LogP) is 4.47. The molecule has 0 saturated heterocycles. The van der Waals surface area contributed by atoms with E-state index in [1.807, 2.05) is 0 Å². The largest absolute Gasteiger partial charge is 0.452 e. The molecule has 1 aromatic carbocycles. The first-order chi connectivity index (χ1) is 16.4. The Morgan fingerprint density at radius 1 is 1.29 bits per heavy atom. The molecule has 1 unspecified atom stereocenters. The summed E-state index contributed by atoms with van der Waals surface area (Å²) >= 11 is 0. The van der Waals surface area contributed by atoms with Crippen molar-refractivity contribution in [3.8, 4) is 5.75 Å². The second-order valence-corrected chi connectivity index (χ2v) is 7.92. The normalized spacial score (nSPS) is 16.7. The fourth-order valence-corrected chi connectivity index (χ4v) is 3.53. The van der Waals surface area contributed by atoms with Gasteiger partial charge in [0.15, 0.2) is 17.3 Å². The van der Waals surface area contributed by atoms with Crippen molar-refractivity contribution < 1.29 is 32.3 Å². The molecule has 11 heteroatoms. The zero-order valence-electron chi connectivity index (χ0n) is 18.8. The number of carbonyl (C=O) groups excluding carboxylic acids is 1. The van der Waals surface area contributed by atoms with Crippen LogP contribution in [-0.2, 0) is 9.57 Å². The second-order valence-electron chi connectivity index (χ2n) is 7.92. The number of benzene rings is 1. The van der Waals surface area contributed by atoms with Gasteiger partial charge in [-0.2, -0.15) is 4.39 Å². The first-order valence-electron chi connectivity index (χ1n) is 10.8. The number of halogens is 3. The fourth-order valence-electron chi connectivity index (χ4n) is 3.53. The monoisotopic (exact) mass is 478 g/mol. The molecule has 2 heterocycles. The van der Waals surface area contributed by atoms with E-state index in [1.165, 1.54) is 20.2 Å². The van der Waals surface area contributed by atoms with Crippen LogP contribution >= 0.6 is 0 Å². The molecule has 1 fully saturated rings. The maximum absolute atomic E-state index is 14.0. The number of aromatic nitrogens is 2. The number of hydrogen-bond donors (Lipinski definition) is 1. The van der Waals surface area contributed by atoms with Gasteiger partial charge in [-0.25, -0.2) is 23.8 Å². The van der Waals surface area contributed by atoms with Gasteiger partial charge in [0.05, 0.1) is 37.9 Å². The molecule has 0 bridgehead atoms. The van der Waals surface area contributed by atoms with Gasteiger partial charge in [-0.1, -0.05) is 18.2 Å². The number of anilines is 2. The van der Waals surface area contributed by atoms with Gasteiger partial charge in [0, 0.05) is 18.5 Å². The van der Waals surface area contributed by atoms with E-state index in [-0.39, 0.29) is 28.9 Å². The van der Waals surface area contributed by atoms with Gasteiger partial charge in [0.25, 0.3) is 12.3 Å². The number of amides is 1. The lowest BCUT2D eigenvalue weighted by Crippen LogP contribution is -2.28. The summed E-state index contributed by atoms with van der Waals surface area (Å²) in [5.74, 6) is -0.368. The van der Waals surface area contributed by atoms with Gasteiger partial charge in [0.1, 0.15) is 0 Å². The zero-order valence-corrected chi connectivity index (χ0v) is 18.8. The molecule has 1 aliphatic heterocycles. The molecule has 2 aliphatic rings. The van der Waals surface area contributed by atoms with Gasteiger partial charge in [-0.15, -0.1) is 0 Å². The van der Waals surface area contributed by atoms with Crippen LogP contribution in [0.1, 0.15) is 46.9 Å². The molecule has 1 atom stereocenters. The Labute approximate surface area is 194 Å². The van der Waals surface area contributed by atoms with Crippen molar-refractivity contribution in [1.29, 1.82) is 0 Å². The molecular formula is C23H25F3N4O4. The van der Waals surface area contributed by atoms with E-state index in [9.17, 15) is 18.0 Å². The van der Waals surface area contributed by atoms with Crippen LogP contribution in [0.25, 0.3) is 5.57 Å². The standard InChI is InChI=1S/C23H25F3N4O4/c1-30(32-2)23(31)18-22(27-12-17(28-18)14-6-7-14)29-16-5-3-4-15(13-8-10-33-11-9-13)19(16)34-21(26)20(24)25/h3-5,8,12,14,20-21H,6-7,9-11H2,1-2H3,(H,27,29). The second kappa shape index (κ2) is 10.4. The number of para-hydroxylation sites is 1. The highest BCUT2D eigenvalue weighted by Gasteiger charge is 2.30. The topological polar surface area (TPSA) is 85.8 Å². The fraction of sp³-hybridized carbons (Fsp3) is 0.435. The third-order valence-corrected chi connectivity index (χ3v) is 5.56. The lowest BCUT2D eigenvalue weighted by atomic mass is 9.99. The average Bonchev–Trinajstić information content (AvgIpc) is 3.70. The molecule has 1 saturated carbocycles. The number of nitrogens with one attached hydrogen (secondary N) is 1. The number of hydrogen-bond acceptors (Lipinski definition) is 7. The molecular weight excluding hydrogens is 453 g/mol. The van der Waals surface area contributed by atoms with E-state index < -0.39 is 18.7 Å². The van der Waals surface area contributed by atoms with Crippen LogP contribution < -0.4 is 10.1 Å². The summed E-state index contributed by atoms with van der Waals surface area (Å²) in [5.41, 5.74) is 2.05. The van der Waals surface area contributed by atoms with Crippen LogP contribution in [-0.4, -0.2) is 61.1 Å². The molecule has 8 nitrogen and oxygen atoms in total. The Morgan fingerprint density at radius 3 is 2.74 bits per heavy atom. The van der Waals surface area contributed by atoms with E-state index in [0.717, 1.165) is 23.5 Å². The van der Waals surface area contributed by atoms with Crippen molar-refractivity contribution in [2.75, 3.05) is 32.7 Å². The number of nitrogens with zero attached hydrogens (tertiary/aromatic N) is 3. The summed E-state index contributed by atoms with van der Waals surface area (Å²) in [6.07, 6.45) is -0.409. The van der Waals surface area contributed by atoms with Gasteiger partial charge in [-0.05, 0) is 30.9 Å². The summed E-state index contributed by atoms with van der Waals surface area (Å²) in [6.45, 7) is 0.781. The van der Waals surface area contributed by atoms with Crippen LogP contribution in [0.15, 0.2) is 30.5 Å². The van der Waals surface area contributed by atoms with Crippen LogP contribution in [0.5, 0.6) is 5.75 Å². The van der Waals surface area contributed by atoms with Crippen molar-refractivity contribution in [2.45, 2.75) is 38.0 Å². The van der Waals surface area contributed by atoms with Crippen molar-refractivity contribution >= 4 is 23.0 Å². The van der Waals surface area contributed by atoms with Crippen molar-refractivity contribution in [2.24, 2.45) is 0 Å². The molecule has 1 N–H and O–H groups in total. The summed E-state index contributed by atoms with van der Waals surface area (Å²) in [6, 6.07) is 4.86. The summed E-state index contributed by atoms with van der Waals surface area (Å²) < 4.78 is 50.5. The number of carbonyl (C=O) groups is 1. The Morgan fingerprint density at radius 2 is 2.09 bits per heavy atom. The van der Waals surface area contributed by atoms with Crippen molar-refractivity contribution in [3.05, 3.63) is 47.4 Å². The number of ether oxygens (including phenoxy) is 2. The smallest absolute Gasteiger partial charge is 0.304 e. The highest BCUT2D eigenvalue weighted by molar-refractivity contribution is 5.97. The maximum Gasteiger partial charge on any atom is 0.304 e. The molecule has 34 heavy (non-hydrogen) atoms. The van der Waals surface area contributed by atoms with Gasteiger partial charge < -0.3 is 14.8 Å². The molecule has 4 rings (SSSR count). The van der Waals surface area contributed by atoms with Crippen LogP contribution in [0.4, 0.5) is 24.7 Å². The van der Waals surface area contributed by atoms with E-state index in [4.69, 9.17) is 14.3 Å². The van der Waals surface area contributed by atoms with E-state index in [1.54, 1.807) is 24.4 Å². The zero-order chi connectivity index (χ0) is 24.2. The van der Waals surface area contributed by atoms with E-state index >= 15 is 0 Å². The third kappa shape index (κ3) is 5.31. The lowest BCUT2D eigenvalue weighted by molar-refractivity contribution is -0.0760. The molecule has 1 aliphatic carbocycles. The molecule has 2 aromatic rings. The molecule has 1 amide bonds. The predicted molar refractivity (Wildman–Crippen MR) is 118 cm³/mol. The Balaban J connectivity index is 1.76. The quantitative estimate of drug-likeness (QED) is 0.532. The van der Waals surface area contributed by atoms with Gasteiger partial charge in [-0.3, -0.25) is 9.63 Å². The van der Waals surface area contributed by atoms with Crippen LogP contribution in [0, 0.1) is 0 Å². The first-order valence-corrected chi connectivity index (χ1v) is 10.8. The maximum atomic E-state index is 14.0. The summed E-state index contributed by atoms with van der Waals surface area (Å²) in [5, 5.41) is 3.94. The van der Waals surface area contributed by atoms with Crippen molar-refractivity contribution in [1.82, 2.24) is 15.0 Å². The number of alkyl halides is 3. The first kappa shape index (κ1) is 24.0. The SMILES string of the molecule is CON(C)C(=O)c1nc(C2CC2)cnc1Nc1cccc(C2=CCOCC2)c1OC(F)C(F)F. The van der Waals surface area contributed by atoms with Crippen LogP contribution in [0.3, 0.4) is 0 Å². The van der Waals surface area contributed by atoms with E-state index in [0.29, 0.717) is 30.9 Å². The van der Waals surface area contributed by atoms with Crippen molar-refractivity contribution in [3.63, 3.8) is 0 Å². The lowest BCUT2D eigenvalue weighted by Gasteiger charge is -2.22. The Kier molecular flexibility index (Phi) is 7.32. The summed E-state index contributed by atoms with van der Waals surface area (Å²) in [4.78, 5) is 26.7. The molecule has 0 radical (unpaired) electrons. The highest BCUT2D eigenvalue weighted by atomic mass is 19.3. The third-order valence-electron chi connectivity index (χ3n) is 5.56. The number of hydroxylamine groups is 2. The summed E-state index contributed by atoms with van der Waals surface area (Å²) in [7, 11) is 2.77.